The summed E-state index contributed by atoms with van der Waals surface area (Å²) >= 11 is 0. The van der Waals surface area contributed by atoms with E-state index in [0.717, 1.165) is 11.6 Å². The molecule has 56 valence electrons. The van der Waals surface area contributed by atoms with E-state index in [2.05, 4.69) is 9.97 Å². The summed E-state index contributed by atoms with van der Waals surface area (Å²) in [6.07, 6.45) is 1.62. The molecule has 0 bridgehead atoms. The third kappa shape index (κ3) is 1.27. The largest absolute Gasteiger partial charge is 0.390 e. The van der Waals surface area contributed by atoms with Crippen LogP contribution in [0.3, 0.4) is 0 Å². The van der Waals surface area contributed by atoms with Gasteiger partial charge in [-0.15, -0.1) is 0 Å². The number of nitrogens with one attached hydrogen (secondary N) is 1. The van der Waals surface area contributed by atoms with Gasteiger partial charge in [-0.05, 0) is 0 Å². The minimum absolute atomic E-state index is 0.0147. The lowest BCUT2D eigenvalue weighted by molar-refractivity contribution is 0.277. The topological polar surface area (TPSA) is 52.1 Å². The number of nitrogens with zero attached hydrogens (tertiary/aromatic N) is 2. The second-order valence-electron chi connectivity index (χ2n) is 2.28. The SMILES string of the molecule is CN(C)c1ncc(CO)[nH]1. The monoisotopic (exact) mass is 141 g/mol. The summed E-state index contributed by atoms with van der Waals surface area (Å²) in [4.78, 5) is 8.77. The first-order chi connectivity index (χ1) is 4.74. The van der Waals surface area contributed by atoms with Gasteiger partial charge < -0.3 is 15.0 Å². The zero-order chi connectivity index (χ0) is 7.56. The average Bonchev–Trinajstić information content (AvgIpc) is 2.34. The maximum Gasteiger partial charge on any atom is 0.202 e. The molecule has 0 amide bonds. The number of hydrogen-bond acceptors (Lipinski definition) is 3. The quantitative estimate of drug-likeness (QED) is 0.608. The van der Waals surface area contributed by atoms with Gasteiger partial charge in [0.15, 0.2) is 0 Å². The first kappa shape index (κ1) is 7.08. The Morgan fingerprint density at radius 3 is 2.70 bits per heavy atom. The minimum atomic E-state index is 0.0147. The standard InChI is InChI=1S/C6H11N3O/c1-9(2)6-7-3-5(4-10)8-6/h3,10H,4H2,1-2H3,(H,7,8). The summed E-state index contributed by atoms with van der Waals surface area (Å²) in [5, 5.41) is 8.64. The lowest BCUT2D eigenvalue weighted by Gasteiger charge is -2.05. The van der Waals surface area contributed by atoms with E-state index in [1.165, 1.54) is 0 Å². The molecule has 1 heterocycles. The van der Waals surface area contributed by atoms with Crippen LogP contribution in [0.5, 0.6) is 0 Å². The van der Waals surface area contributed by atoms with Crippen LogP contribution >= 0.6 is 0 Å². The van der Waals surface area contributed by atoms with Crippen LogP contribution in [0.1, 0.15) is 5.69 Å². The molecular weight excluding hydrogens is 130 g/mol. The molecule has 10 heavy (non-hydrogen) atoms. The van der Waals surface area contributed by atoms with Crippen molar-refractivity contribution in [2.45, 2.75) is 6.61 Å². The summed E-state index contributed by atoms with van der Waals surface area (Å²) in [6, 6.07) is 0. The highest BCUT2D eigenvalue weighted by Crippen LogP contribution is 2.03. The Labute approximate surface area is 59.5 Å². The van der Waals surface area contributed by atoms with Gasteiger partial charge in [0, 0.05) is 14.1 Å². The van der Waals surface area contributed by atoms with E-state index in [-0.39, 0.29) is 6.61 Å². The van der Waals surface area contributed by atoms with Crippen molar-refractivity contribution in [3.05, 3.63) is 11.9 Å². The van der Waals surface area contributed by atoms with Crippen LogP contribution in [-0.2, 0) is 6.61 Å². The van der Waals surface area contributed by atoms with E-state index in [1.54, 1.807) is 6.20 Å². The molecule has 1 rings (SSSR count). The van der Waals surface area contributed by atoms with Crippen molar-refractivity contribution in [1.29, 1.82) is 0 Å². The Morgan fingerprint density at radius 2 is 2.40 bits per heavy atom. The Kier molecular flexibility index (Phi) is 1.91. The maximum atomic E-state index is 8.64. The second-order valence-corrected chi connectivity index (χ2v) is 2.28. The molecule has 1 aromatic heterocycles. The number of aromatic nitrogens is 2. The van der Waals surface area contributed by atoms with Gasteiger partial charge in [0.05, 0.1) is 18.5 Å². The zero-order valence-corrected chi connectivity index (χ0v) is 6.13. The van der Waals surface area contributed by atoms with Gasteiger partial charge in [-0.3, -0.25) is 0 Å². The fourth-order valence-electron chi connectivity index (χ4n) is 0.655. The second kappa shape index (κ2) is 2.70. The van der Waals surface area contributed by atoms with Crippen LogP contribution < -0.4 is 4.90 Å². The molecule has 0 aliphatic heterocycles. The molecule has 1 aromatic rings. The Bertz CT molecular complexity index is 207. The molecule has 4 nitrogen and oxygen atoms in total. The van der Waals surface area contributed by atoms with Crippen molar-refractivity contribution in [2.75, 3.05) is 19.0 Å². The third-order valence-electron chi connectivity index (χ3n) is 1.21. The van der Waals surface area contributed by atoms with Crippen LogP contribution in [0.4, 0.5) is 5.95 Å². The molecule has 0 spiro atoms. The van der Waals surface area contributed by atoms with Crippen LogP contribution in [0.15, 0.2) is 6.20 Å². The van der Waals surface area contributed by atoms with Crippen molar-refractivity contribution in [3.63, 3.8) is 0 Å². The lowest BCUT2D eigenvalue weighted by atomic mass is 10.5. The Balaban J connectivity index is 2.78. The van der Waals surface area contributed by atoms with Gasteiger partial charge in [0.1, 0.15) is 0 Å². The van der Waals surface area contributed by atoms with Gasteiger partial charge >= 0.3 is 0 Å². The molecule has 0 atom stereocenters. The summed E-state index contributed by atoms with van der Waals surface area (Å²) < 4.78 is 0. The van der Waals surface area contributed by atoms with Crippen molar-refractivity contribution in [2.24, 2.45) is 0 Å². The first-order valence-electron chi connectivity index (χ1n) is 3.06. The summed E-state index contributed by atoms with van der Waals surface area (Å²) in [7, 11) is 3.78. The van der Waals surface area contributed by atoms with Gasteiger partial charge in [-0.2, -0.15) is 0 Å². The fraction of sp³-hybridized carbons (Fsp3) is 0.500. The number of aromatic amines is 1. The smallest absolute Gasteiger partial charge is 0.202 e. The molecule has 2 N–H and O–H groups in total. The van der Waals surface area contributed by atoms with Crippen LogP contribution in [0, 0.1) is 0 Å². The maximum absolute atomic E-state index is 8.64. The number of H-pyrrole nitrogens is 1. The van der Waals surface area contributed by atoms with Gasteiger partial charge in [0.2, 0.25) is 5.95 Å². The zero-order valence-electron chi connectivity index (χ0n) is 6.13. The molecule has 0 aliphatic carbocycles. The molecule has 0 aliphatic rings. The van der Waals surface area contributed by atoms with E-state index in [4.69, 9.17) is 5.11 Å². The van der Waals surface area contributed by atoms with Crippen LogP contribution in [0.2, 0.25) is 0 Å². The molecule has 0 unspecified atom stereocenters. The summed E-state index contributed by atoms with van der Waals surface area (Å²) in [5.74, 6) is 0.768. The lowest BCUT2D eigenvalue weighted by Crippen LogP contribution is -2.10. The van der Waals surface area contributed by atoms with Crippen molar-refractivity contribution >= 4 is 5.95 Å². The molecule has 0 radical (unpaired) electrons. The summed E-state index contributed by atoms with van der Waals surface area (Å²) in [6.45, 7) is 0.0147. The molecule has 0 fully saturated rings. The number of imidazole rings is 1. The Morgan fingerprint density at radius 1 is 1.70 bits per heavy atom. The highest BCUT2D eigenvalue weighted by Gasteiger charge is 1.98. The van der Waals surface area contributed by atoms with E-state index in [9.17, 15) is 0 Å². The average molecular weight is 141 g/mol. The van der Waals surface area contributed by atoms with Gasteiger partial charge in [-0.1, -0.05) is 0 Å². The van der Waals surface area contributed by atoms with Crippen LogP contribution in [0.25, 0.3) is 0 Å². The van der Waals surface area contributed by atoms with Gasteiger partial charge in [0.25, 0.3) is 0 Å². The predicted molar refractivity (Wildman–Crippen MR) is 38.8 cm³/mol. The number of aliphatic hydroxyl groups excluding tert-OH is 1. The molecule has 0 saturated heterocycles. The van der Waals surface area contributed by atoms with Gasteiger partial charge in [-0.25, -0.2) is 4.98 Å². The minimum Gasteiger partial charge on any atom is -0.390 e. The third-order valence-corrected chi connectivity index (χ3v) is 1.21. The number of aliphatic hydroxyl groups is 1. The van der Waals surface area contributed by atoms with E-state index in [0.29, 0.717) is 0 Å². The molecule has 0 saturated carbocycles. The van der Waals surface area contributed by atoms with Crippen molar-refractivity contribution in [1.82, 2.24) is 9.97 Å². The number of rotatable bonds is 2. The summed E-state index contributed by atoms with van der Waals surface area (Å²) in [5.41, 5.74) is 0.740. The fourth-order valence-corrected chi connectivity index (χ4v) is 0.655. The van der Waals surface area contributed by atoms with Crippen LogP contribution in [-0.4, -0.2) is 29.2 Å². The molecule has 4 heteroatoms. The highest BCUT2D eigenvalue weighted by atomic mass is 16.3. The number of anilines is 1. The van der Waals surface area contributed by atoms with Crippen molar-refractivity contribution in [3.8, 4) is 0 Å². The predicted octanol–water partition coefficient (Wildman–Crippen LogP) is -0.0320. The molecule has 0 aromatic carbocycles. The van der Waals surface area contributed by atoms with E-state index >= 15 is 0 Å². The first-order valence-corrected chi connectivity index (χ1v) is 3.06. The highest BCUT2D eigenvalue weighted by molar-refractivity contribution is 5.27. The van der Waals surface area contributed by atoms with Crippen molar-refractivity contribution < 1.29 is 5.11 Å². The van der Waals surface area contributed by atoms with E-state index in [1.807, 2.05) is 19.0 Å². The Hall–Kier alpha value is -1.03. The normalized spacial score (nSPS) is 9.90. The van der Waals surface area contributed by atoms with E-state index < -0.39 is 0 Å². The molecular formula is C6H11N3O. The number of hydrogen-bond donors (Lipinski definition) is 2.